The molecule has 0 atom stereocenters. The molecule has 0 radical (unpaired) electrons. The van der Waals surface area contributed by atoms with Crippen molar-refractivity contribution in [3.8, 4) is 11.1 Å². The topological polar surface area (TPSA) is 95.6 Å². The molecule has 2 N–H and O–H groups in total. The minimum atomic E-state index is -4.52. The molecule has 37 heavy (non-hydrogen) atoms. The third-order valence-corrected chi connectivity index (χ3v) is 8.11. The van der Waals surface area contributed by atoms with Crippen molar-refractivity contribution in [3.63, 3.8) is 0 Å². The lowest BCUT2D eigenvalue weighted by Crippen LogP contribution is -2.48. The fraction of sp³-hybridized carbons (Fsp3) is 0.231. The largest absolute Gasteiger partial charge is 0.416 e. The fourth-order valence-corrected chi connectivity index (χ4v) is 5.53. The summed E-state index contributed by atoms with van der Waals surface area (Å²) in [5.41, 5.74) is 5.40. The average Bonchev–Trinajstić information content (AvgIpc) is 2.91. The second kappa shape index (κ2) is 10.7. The first-order chi connectivity index (χ1) is 17.6. The quantitative estimate of drug-likeness (QED) is 0.482. The maximum atomic E-state index is 13.1. The maximum Gasteiger partial charge on any atom is 0.416 e. The van der Waals surface area contributed by atoms with Crippen LogP contribution in [0.2, 0.25) is 0 Å². The second-order valence-corrected chi connectivity index (χ2v) is 10.5. The van der Waals surface area contributed by atoms with E-state index in [9.17, 15) is 31.2 Å². The monoisotopic (exact) mass is 531 g/mol. The van der Waals surface area contributed by atoms with E-state index in [1.165, 1.54) is 4.31 Å². The summed E-state index contributed by atoms with van der Waals surface area (Å²) < 4.78 is 65.4. The molecule has 1 fully saturated rings. The number of alkyl halides is 3. The Kier molecular flexibility index (Phi) is 7.65. The molecule has 3 aromatic rings. The first kappa shape index (κ1) is 26.4. The van der Waals surface area contributed by atoms with Gasteiger partial charge >= 0.3 is 6.18 Å². The van der Waals surface area contributed by atoms with Gasteiger partial charge in [-0.3, -0.25) is 20.4 Å². The van der Waals surface area contributed by atoms with Crippen molar-refractivity contribution < 1.29 is 31.2 Å². The van der Waals surface area contributed by atoms with Crippen LogP contribution >= 0.6 is 0 Å². The summed E-state index contributed by atoms with van der Waals surface area (Å²) in [7, 11) is -3.73. The molecule has 2 amide bonds. The Labute approximate surface area is 212 Å². The van der Waals surface area contributed by atoms with E-state index in [0.29, 0.717) is 0 Å². The van der Waals surface area contributed by atoms with Gasteiger partial charge in [0.25, 0.3) is 5.91 Å². The number of piperidine rings is 1. The van der Waals surface area contributed by atoms with Gasteiger partial charge in [-0.1, -0.05) is 42.5 Å². The smallest absolute Gasteiger partial charge is 0.273 e. The summed E-state index contributed by atoms with van der Waals surface area (Å²) in [5, 5.41) is 0. The van der Waals surface area contributed by atoms with E-state index in [0.717, 1.165) is 35.4 Å². The van der Waals surface area contributed by atoms with E-state index in [4.69, 9.17) is 0 Å². The number of carbonyl (C=O) groups excluding carboxylic acids is 2. The van der Waals surface area contributed by atoms with Gasteiger partial charge in [0.2, 0.25) is 15.9 Å². The first-order valence-corrected chi connectivity index (χ1v) is 12.9. The van der Waals surface area contributed by atoms with Crippen LogP contribution in [0.4, 0.5) is 13.2 Å². The van der Waals surface area contributed by atoms with Crippen LogP contribution in [0.3, 0.4) is 0 Å². The number of nitrogens with zero attached hydrogens (tertiary/aromatic N) is 1. The Bertz CT molecular complexity index is 1350. The standard InChI is InChI=1S/C26H24F3N3O4S/c27-26(28,29)22-10-6-20(7-11-22)24(33)30-31-25(34)21-14-16-32(17-15-21)37(35,36)23-12-8-19(9-13-23)18-4-2-1-3-5-18/h1-13,21H,14-17H2,(H,30,33)(H,31,34). The number of carbonyl (C=O) groups is 2. The van der Waals surface area contributed by atoms with Gasteiger partial charge in [-0.2, -0.15) is 17.5 Å². The van der Waals surface area contributed by atoms with E-state index in [-0.39, 0.29) is 36.4 Å². The van der Waals surface area contributed by atoms with Crippen LogP contribution in [0.25, 0.3) is 11.1 Å². The Morgan fingerprint density at radius 2 is 1.35 bits per heavy atom. The van der Waals surface area contributed by atoms with Gasteiger partial charge in [0.1, 0.15) is 0 Å². The maximum absolute atomic E-state index is 13.1. The Morgan fingerprint density at radius 3 is 1.92 bits per heavy atom. The lowest BCUT2D eigenvalue weighted by atomic mass is 9.98. The molecule has 1 saturated heterocycles. The van der Waals surface area contributed by atoms with E-state index in [1.54, 1.807) is 24.3 Å². The van der Waals surface area contributed by atoms with E-state index < -0.39 is 39.5 Å². The predicted octanol–water partition coefficient (Wildman–Crippen LogP) is 4.23. The number of halogens is 3. The van der Waals surface area contributed by atoms with Gasteiger partial charge < -0.3 is 0 Å². The molecule has 0 aliphatic carbocycles. The molecular formula is C26H24F3N3O4S. The minimum absolute atomic E-state index is 0.0486. The highest BCUT2D eigenvalue weighted by Crippen LogP contribution is 2.29. The molecular weight excluding hydrogens is 507 g/mol. The molecule has 1 aliphatic rings. The van der Waals surface area contributed by atoms with Crippen molar-refractivity contribution in [2.24, 2.45) is 5.92 Å². The molecule has 0 spiro atoms. The van der Waals surface area contributed by atoms with Gasteiger partial charge in [-0.25, -0.2) is 8.42 Å². The number of sulfonamides is 1. The molecule has 0 unspecified atom stereocenters. The van der Waals surface area contributed by atoms with Crippen molar-refractivity contribution in [3.05, 3.63) is 90.0 Å². The number of hydrogen-bond acceptors (Lipinski definition) is 4. The number of rotatable bonds is 5. The van der Waals surface area contributed by atoms with E-state index in [2.05, 4.69) is 10.9 Å². The Hall–Kier alpha value is -3.70. The summed E-state index contributed by atoms with van der Waals surface area (Å²) in [6.07, 6.45) is -4.01. The second-order valence-electron chi connectivity index (χ2n) is 8.59. The zero-order chi connectivity index (χ0) is 26.6. The van der Waals surface area contributed by atoms with Crippen LogP contribution in [0.1, 0.15) is 28.8 Å². The molecule has 1 heterocycles. The van der Waals surface area contributed by atoms with Crippen LogP contribution in [-0.4, -0.2) is 37.6 Å². The number of hydrogen-bond donors (Lipinski definition) is 2. The van der Waals surface area contributed by atoms with Crippen molar-refractivity contribution >= 4 is 21.8 Å². The summed E-state index contributed by atoms with van der Waals surface area (Å²) in [5.74, 6) is -1.79. The Balaban J connectivity index is 1.29. The SMILES string of the molecule is O=C(NNC(=O)C1CCN(S(=O)(=O)c2ccc(-c3ccccc3)cc2)CC1)c1ccc(C(F)(F)F)cc1. The van der Waals surface area contributed by atoms with E-state index >= 15 is 0 Å². The van der Waals surface area contributed by atoms with Gasteiger partial charge in [0.05, 0.1) is 10.5 Å². The summed E-state index contributed by atoms with van der Waals surface area (Å²) in [6.45, 7) is 0.265. The Morgan fingerprint density at radius 1 is 0.784 bits per heavy atom. The summed E-state index contributed by atoms with van der Waals surface area (Å²) >= 11 is 0. The molecule has 3 aromatic carbocycles. The molecule has 0 aromatic heterocycles. The third-order valence-electron chi connectivity index (χ3n) is 6.20. The average molecular weight is 532 g/mol. The molecule has 7 nitrogen and oxygen atoms in total. The van der Waals surface area contributed by atoms with Gasteiger partial charge in [0.15, 0.2) is 0 Å². The minimum Gasteiger partial charge on any atom is -0.273 e. The zero-order valence-corrected chi connectivity index (χ0v) is 20.4. The molecule has 194 valence electrons. The van der Waals surface area contributed by atoms with Crippen molar-refractivity contribution in [2.45, 2.75) is 23.9 Å². The number of hydrazine groups is 1. The normalized spacial score (nSPS) is 15.2. The highest BCUT2D eigenvalue weighted by molar-refractivity contribution is 7.89. The predicted molar refractivity (Wildman–Crippen MR) is 130 cm³/mol. The van der Waals surface area contributed by atoms with Crippen molar-refractivity contribution in [1.29, 1.82) is 0 Å². The lowest BCUT2D eigenvalue weighted by molar-refractivity contribution is -0.137. The van der Waals surface area contributed by atoms with Crippen molar-refractivity contribution in [2.75, 3.05) is 13.1 Å². The number of nitrogens with one attached hydrogen (secondary N) is 2. The van der Waals surface area contributed by atoms with Crippen molar-refractivity contribution in [1.82, 2.24) is 15.2 Å². The molecule has 11 heteroatoms. The zero-order valence-electron chi connectivity index (χ0n) is 19.5. The number of amides is 2. The third kappa shape index (κ3) is 6.17. The van der Waals surface area contributed by atoms with Crippen LogP contribution in [-0.2, 0) is 21.0 Å². The first-order valence-electron chi connectivity index (χ1n) is 11.5. The number of benzene rings is 3. The fourth-order valence-electron chi connectivity index (χ4n) is 4.06. The van der Waals surface area contributed by atoms with Crippen LogP contribution in [0, 0.1) is 5.92 Å². The van der Waals surface area contributed by atoms with Crippen LogP contribution < -0.4 is 10.9 Å². The summed E-state index contributed by atoms with van der Waals surface area (Å²) in [4.78, 5) is 24.8. The van der Waals surface area contributed by atoms with Gasteiger partial charge in [0, 0.05) is 24.6 Å². The molecule has 4 rings (SSSR count). The highest BCUT2D eigenvalue weighted by Gasteiger charge is 2.33. The molecule has 0 saturated carbocycles. The highest BCUT2D eigenvalue weighted by atomic mass is 32.2. The lowest BCUT2D eigenvalue weighted by Gasteiger charge is -2.30. The molecule has 0 bridgehead atoms. The van der Waals surface area contributed by atoms with Gasteiger partial charge in [-0.05, 0) is 60.4 Å². The molecule has 1 aliphatic heterocycles. The van der Waals surface area contributed by atoms with E-state index in [1.807, 2.05) is 30.3 Å². The summed E-state index contributed by atoms with van der Waals surface area (Å²) in [6, 6.07) is 19.8. The van der Waals surface area contributed by atoms with Gasteiger partial charge in [-0.15, -0.1) is 0 Å². The van der Waals surface area contributed by atoms with Crippen LogP contribution in [0.15, 0.2) is 83.8 Å². The van der Waals surface area contributed by atoms with Crippen LogP contribution in [0.5, 0.6) is 0 Å².